The fourth-order valence-corrected chi connectivity index (χ4v) is 3.33. The van der Waals surface area contributed by atoms with Crippen molar-refractivity contribution in [3.05, 3.63) is 26.9 Å². The van der Waals surface area contributed by atoms with E-state index in [0.29, 0.717) is 29.2 Å². The Bertz CT molecular complexity index is 663. The van der Waals surface area contributed by atoms with Crippen molar-refractivity contribution in [2.75, 3.05) is 13.7 Å². The van der Waals surface area contributed by atoms with Crippen molar-refractivity contribution < 1.29 is 4.74 Å². The molecule has 1 N–H and O–H groups in total. The second-order valence-electron chi connectivity index (χ2n) is 4.58. The zero-order valence-electron chi connectivity index (χ0n) is 12.2. The standard InChI is InChI=1S/C12H18ClN5O2S/c1-8-9(10(13)17(2)16-8)7-21-12-15-14-11(19)18(12)5-4-6-20-3/h4-7H2,1-3H3,(H,14,19). The number of nitrogens with zero attached hydrogens (tertiary/aromatic N) is 4. The summed E-state index contributed by atoms with van der Waals surface area (Å²) in [7, 11) is 3.44. The van der Waals surface area contributed by atoms with Crippen LogP contribution >= 0.6 is 23.4 Å². The summed E-state index contributed by atoms with van der Waals surface area (Å²) in [5.41, 5.74) is 1.64. The van der Waals surface area contributed by atoms with Gasteiger partial charge >= 0.3 is 5.69 Å². The lowest BCUT2D eigenvalue weighted by Crippen LogP contribution is -2.18. The highest BCUT2D eigenvalue weighted by Crippen LogP contribution is 2.27. The van der Waals surface area contributed by atoms with Crippen LogP contribution in [0.15, 0.2) is 9.95 Å². The van der Waals surface area contributed by atoms with E-state index >= 15 is 0 Å². The van der Waals surface area contributed by atoms with E-state index in [1.54, 1.807) is 23.4 Å². The first-order valence-corrected chi connectivity index (χ1v) is 7.86. The first-order chi connectivity index (χ1) is 10.0. The number of methoxy groups -OCH3 is 1. The van der Waals surface area contributed by atoms with Gasteiger partial charge in [0.1, 0.15) is 5.15 Å². The number of H-pyrrole nitrogens is 1. The van der Waals surface area contributed by atoms with Crippen molar-refractivity contribution >= 4 is 23.4 Å². The number of hydrogen-bond donors (Lipinski definition) is 1. The Morgan fingerprint density at radius 1 is 1.48 bits per heavy atom. The molecule has 21 heavy (non-hydrogen) atoms. The SMILES string of the molecule is COCCCn1c(SCc2c(C)nn(C)c2Cl)n[nH]c1=O. The summed E-state index contributed by atoms with van der Waals surface area (Å²) in [6.45, 7) is 3.10. The van der Waals surface area contributed by atoms with Gasteiger partial charge in [0.25, 0.3) is 0 Å². The molecule has 0 atom stereocenters. The lowest BCUT2D eigenvalue weighted by Gasteiger charge is -2.05. The lowest BCUT2D eigenvalue weighted by atomic mass is 10.3. The van der Waals surface area contributed by atoms with Crippen LogP contribution in [0.1, 0.15) is 17.7 Å². The third-order valence-electron chi connectivity index (χ3n) is 3.07. The number of aromatic amines is 1. The minimum Gasteiger partial charge on any atom is -0.385 e. The van der Waals surface area contributed by atoms with Crippen molar-refractivity contribution in [3.63, 3.8) is 0 Å². The summed E-state index contributed by atoms with van der Waals surface area (Å²) >= 11 is 7.66. The van der Waals surface area contributed by atoms with Gasteiger partial charge in [0.15, 0.2) is 5.16 Å². The van der Waals surface area contributed by atoms with Gasteiger partial charge < -0.3 is 4.74 Å². The van der Waals surface area contributed by atoms with Crippen LogP contribution in [0.3, 0.4) is 0 Å². The summed E-state index contributed by atoms with van der Waals surface area (Å²) < 4.78 is 8.26. The van der Waals surface area contributed by atoms with Crippen LogP contribution in [0.4, 0.5) is 0 Å². The fourth-order valence-electron chi connectivity index (χ4n) is 1.95. The summed E-state index contributed by atoms with van der Waals surface area (Å²) in [6.07, 6.45) is 0.760. The van der Waals surface area contributed by atoms with Crippen LogP contribution in [-0.2, 0) is 24.1 Å². The largest absolute Gasteiger partial charge is 0.385 e. The maximum Gasteiger partial charge on any atom is 0.343 e. The molecule has 0 aromatic carbocycles. The highest BCUT2D eigenvalue weighted by Gasteiger charge is 2.14. The van der Waals surface area contributed by atoms with Crippen LogP contribution in [0.5, 0.6) is 0 Å². The second kappa shape index (κ2) is 7.15. The molecular formula is C12H18ClN5O2S. The van der Waals surface area contributed by atoms with Crippen molar-refractivity contribution in [2.24, 2.45) is 7.05 Å². The number of hydrogen-bond acceptors (Lipinski definition) is 5. The quantitative estimate of drug-likeness (QED) is 0.616. The molecule has 9 heteroatoms. The van der Waals surface area contributed by atoms with Crippen LogP contribution in [0.2, 0.25) is 5.15 Å². The van der Waals surface area contributed by atoms with Gasteiger partial charge in [-0.25, -0.2) is 9.89 Å². The molecule has 116 valence electrons. The number of rotatable bonds is 7. The monoisotopic (exact) mass is 331 g/mol. The maximum absolute atomic E-state index is 11.7. The van der Waals surface area contributed by atoms with Gasteiger partial charge in [0.05, 0.1) is 5.69 Å². The Kier molecular flexibility index (Phi) is 5.49. The zero-order valence-corrected chi connectivity index (χ0v) is 13.8. The number of nitrogens with one attached hydrogen (secondary N) is 1. The molecule has 0 saturated carbocycles. The van der Waals surface area contributed by atoms with Gasteiger partial charge in [0.2, 0.25) is 0 Å². The fraction of sp³-hybridized carbons (Fsp3) is 0.583. The third-order valence-corrected chi connectivity index (χ3v) is 4.54. The number of aromatic nitrogens is 5. The molecule has 2 aromatic heterocycles. The van der Waals surface area contributed by atoms with E-state index in [0.717, 1.165) is 17.7 Å². The molecule has 0 saturated heterocycles. The molecule has 2 aromatic rings. The Balaban J connectivity index is 2.08. The molecule has 2 rings (SSSR count). The van der Waals surface area contributed by atoms with Crippen LogP contribution in [-0.4, -0.2) is 38.3 Å². The Morgan fingerprint density at radius 2 is 2.24 bits per heavy atom. The molecule has 0 fully saturated rings. The molecule has 0 bridgehead atoms. The predicted molar refractivity (Wildman–Crippen MR) is 81.9 cm³/mol. The van der Waals surface area contributed by atoms with Gasteiger partial charge in [0, 0.05) is 38.6 Å². The van der Waals surface area contributed by atoms with Gasteiger partial charge in [-0.2, -0.15) is 5.10 Å². The molecule has 0 unspecified atom stereocenters. The molecule has 0 amide bonds. The lowest BCUT2D eigenvalue weighted by molar-refractivity contribution is 0.189. The van der Waals surface area contributed by atoms with E-state index in [9.17, 15) is 4.79 Å². The highest BCUT2D eigenvalue weighted by atomic mass is 35.5. The topological polar surface area (TPSA) is 77.7 Å². The van der Waals surface area contributed by atoms with Gasteiger partial charge in [-0.15, -0.1) is 5.10 Å². The molecule has 0 aliphatic rings. The first-order valence-electron chi connectivity index (χ1n) is 6.49. The molecule has 0 aliphatic heterocycles. The molecule has 0 aliphatic carbocycles. The number of halogens is 1. The van der Waals surface area contributed by atoms with E-state index in [1.807, 2.05) is 6.92 Å². The molecular weight excluding hydrogens is 314 g/mol. The van der Waals surface area contributed by atoms with E-state index in [4.69, 9.17) is 16.3 Å². The minimum absolute atomic E-state index is 0.206. The zero-order chi connectivity index (χ0) is 15.4. The van der Waals surface area contributed by atoms with Crippen molar-refractivity contribution in [1.29, 1.82) is 0 Å². The Morgan fingerprint density at radius 3 is 2.86 bits per heavy atom. The average Bonchev–Trinajstić information content (AvgIpc) is 2.91. The van der Waals surface area contributed by atoms with Crippen molar-refractivity contribution in [1.82, 2.24) is 24.5 Å². The van der Waals surface area contributed by atoms with Gasteiger partial charge in [-0.1, -0.05) is 23.4 Å². The van der Waals surface area contributed by atoms with Crippen LogP contribution < -0.4 is 5.69 Å². The number of aryl methyl sites for hydroxylation is 2. The third kappa shape index (κ3) is 3.69. The second-order valence-corrected chi connectivity index (χ2v) is 5.88. The van der Waals surface area contributed by atoms with E-state index in [-0.39, 0.29) is 5.69 Å². The predicted octanol–water partition coefficient (Wildman–Crippen LogP) is 1.60. The summed E-state index contributed by atoms with van der Waals surface area (Å²) in [6, 6.07) is 0. The normalized spacial score (nSPS) is 11.2. The van der Waals surface area contributed by atoms with Crippen LogP contribution in [0.25, 0.3) is 0 Å². The smallest absolute Gasteiger partial charge is 0.343 e. The Hall–Kier alpha value is -1.25. The van der Waals surface area contributed by atoms with Gasteiger partial charge in [-0.3, -0.25) is 9.25 Å². The van der Waals surface area contributed by atoms with Gasteiger partial charge in [-0.05, 0) is 13.3 Å². The van der Waals surface area contributed by atoms with E-state index < -0.39 is 0 Å². The molecule has 7 nitrogen and oxygen atoms in total. The molecule has 2 heterocycles. The van der Waals surface area contributed by atoms with E-state index in [2.05, 4.69) is 15.3 Å². The van der Waals surface area contributed by atoms with E-state index in [1.165, 1.54) is 11.8 Å². The molecule has 0 radical (unpaired) electrons. The van der Waals surface area contributed by atoms with Crippen molar-refractivity contribution in [3.8, 4) is 0 Å². The maximum atomic E-state index is 11.7. The summed E-state index contributed by atoms with van der Waals surface area (Å²) in [5, 5.41) is 12.1. The first kappa shape index (κ1) is 16.1. The highest BCUT2D eigenvalue weighted by molar-refractivity contribution is 7.98. The summed E-state index contributed by atoms with van der Waals surface area (Å²) in [5.74, 6) is 0.618. The minimum atomic E-state index is -0.206. The average molecular weight is 332 g/mol. The van der Waals surface area contributed by atoms with Crippen LogP contribution in [0, 0.1) is 6.92 Å². The number of ether oxygens (including phenoxy) is 1. The van der Waals surface area contributed by atoms with Crippen molar-refractivity contribution in [2.45, 2.75) is 30.8 Å². The Labute approximate surface area is 131 Å². The summed E-state index contributed by atoms with van der Waals surface area (Å²) in [4.78, 5) is 11.7. The molecule has 0 spiro atoms. The number of thioether (sulfide) groups is 1.